The quantitative estimate of drug-likeness (QED) is 0.681. The molecule has 0 saturated heterocycles. The van der Waals surface area contributed by atoms with E-state index in [4.69, 9.17) is 20.8 Å². The number of benzene rings is 1. The van der Waals surface area contributed by atoms with E-state index in [2.05, 4.69) is 10.6 Å². The normalized spacial score (nSPS) is 10.2. The van der Waals surface area contributed by atoms with Crippen molar-refractivity contribution in [1.29, 1.82) is 0 Å². The van der Waals surface area contributed by atoms with Crippen LogP contribution >= 0.6 is 11.6 Å². The van der Waals surface area contributed by atoms with Crippen LogP contribution in [-0.4, -0.2) is 31.5 Å². The largest absolute Gasteiger partial charge is 0.494 e. The van der Waals surface area contributed by atoms with Gasteiger partial charge < -0.3 is 19.8 Å². The summed E-state index contributed by atoms with van der Waals surface area (Å²) in [5, 5.41) is 5.89. The average Bonchev–Trinajstić information content (AvgIpc) is 3.12. The molecule has 2 rings (SSSR count). The molecule has 2 N–H and O–H groups in total. The summed E-state index contributed by atoms with van der Waals surface area (Å²) in [6, 6.07) is 10.3. The minimum absolute atomic E-state index is 0.0825. The molecule has 0 spiro atoms. The van der Waals surface area contributed by atoms with Crippen LogP contribution in [0.1, 0.15) is 23.4 Å². The Morgan fingerprint density at radius 1 is 1.08 bits per heavy atom. The Morgan fingerprint density at radius 3 is 2.58 bits per heavy atom. The Hall–Kier alpha value is -2.47. The monoisotopic (exact) mass is 350 g/mol. The van der Waals surface area contributed by atoms with E-state index in [0.717, 1.165) is 18.6 Å². The Bertz CT molecular complexity index is 641. The molecule has 2 amide bonds. The highest BCUT2D eigenvalue weighted by Crippen LogP contribution is 2.15. The molecule has 2 aromatic rings. The molecule has 0 aliphatic heterocycles. The molecular weight excluding hydrogens is 332 g/mol. The molecule has 0 aliphatic carbocycles. The highest BCUT2D eigenvalue weighted by Gasteiger charge is 2.09. The number of amides is 2. The van der Waals surface area contributed by atoms with Gasteiger partial charge in [-0.2, -0.15) is 0 Å². The fraction of sp³-hybridized carbons (Fsp3) is 0.294. The van der Waals surface area contributed by atoms with Gasteiger partial charge in [-0.3, -0.25) is 9.59 Å². The molecule has 24 heavy (non-hydrogen) atoms. The molecule has 0 saturated carbocycles. The molecule has 0 aliphatic rings. The van der Waals surface area contributed by atoms with E-state index in [9.17, 15) is 9.59 Å². The van der Waals surface area contributed by atoms with Crippen molar-refractivity contribution < 1.29 is 18.7 Å². The third kappa shape index (κ3) is 6.34. The Kier molecular flexibility index (Phi) is 7.17. The first-order valence-corrected chi connectivity index (χ1v) is 8.00. The summed E-state index contributed by atoms with van der Waals surface area (Å²) in [5.74, 6) is 0.297. The number of ether oxygens (including phenoxy) is 1. The van der Waals surface area contributed by atoms with Gasteiger partial charge in [0.05, 0.1) is 19.4 Å². The summed E-state index contributed by atoms with van der Waals surface area (Å²) < 4.78 is 10.5. The lowest BCUT2D eigenvalue weighted by atomic mass is 10.3. The second kappa shape index (κ2) is 9.62. The van der Waals surface area contributed by atoms with Gasteiger partial charge in [-0.15, -0.1) is 0 Å². The van der Waals surface area contributed by atoms with Crippen LogP contribution < -0.4 is 15.4 Å². The SMILES string of the molecule is O=C(CNC(=O)c1ccco1)NCCCCOc1ccc(Cl)cc1. The molecule has 0 bridgehead atoms. The number of hydrogen-bond donors (Lipinski definition) is 2. The molecule has 0 unspecified atom stereocenters. The lowest BCUT2D eigenvalue weighted by Crippen LogP contribution is -2.37. The van der Waals surface area contributed by atoms with Gasteiger partial charge in [-0.1, -0.05) is 11.6 Å². The van der Waals surface area contributed by atoms with Crippen molar-refractivity contribution in [2.45, 2.75) is 12.8 Å². The highest BCUT2D eigenvalue weighted by atomic mass is 35.5. The minimum Gasteiger partial charge on any atom is -0.494 e. The second-order valence-electron chi connectivity index (χ2n) is 5.02. The zero-order chi connectivity index (χ0) is 17.2. The van der Waals surface area contributed by atoms with Crippen LogP contribution in [0.15, 0.2) is 47.1 Å². The predicted molar refractivity (Wildman–Crippen MR) is 90.2 cm³/mol. The summed E-state index contributed by atoms with van der Waals surface area (Å²) in [6.07, 6.45) is 2.99. The Morgan fingerprint density at radius 2 is 1.88 bits per heavy atom. The van der Waals surface area contributed by atoms with E-state index in [-0.39, 0.29) is 18.2 Å². The van der Waals surface area contributed by atoms with Crippen LogP contribution in [0.25, 0.3) is 0 Å². The number of rotatable bonds is 9. The van der Waals surface area contributed by atoms with Gasteiger partial charge in [0.2, 0.25) is 5.91 Å². The predicted octanol–water partition coefficient (Wildman–Crippen LogP) is 2.64. The summed E-state index contributed by atoms with van der Waals surface area (Å²) in [4.78, 5) is 23.2. The number of furan rings is 1. The summed E-state index contributed by atoms with van der Waals surface area (Å²) in [5.41, 5.74) is 0. The van der Waals surface area contributed by atoms with Gasteiger partial charge in [0.1, 0.15) is 5.75 Å². The first-order chi connectivity index (χ1) is 11.6. The lowest BCUT2D eigenvalue weighted by molar-refractivity contribution is -0.120. The van der Waals surface area contributed by atoms with Crippen LogP contribution in [0.4, 0.5) is 0 Å². The molecule has 6 nitrogen and oxygen atoms in total. The number of unbranched alkanes of at least 4 members (excludes halogenated alkanes) is 1. The van der Waals surface area contributed by atoms with Crippen LogP contribution in [0.5, 0.6) is 5.75 Å². The van der Waals surface area contributed by atoms with Gasteiger partial charge in [0.15, 0.2) is 5.76 Å². The van der Waals surface area contributed by atoms with E-state index in [1.807, 2.05) is 12.1 Å². The first kappa shape index (κ1) is 17.9. The summed E-state index contributed by atoms with van der Waals surface area (Å²) >= 11 is 5.79. The fourth-order valence-corrected chi connectivity index (χ4v) is 2.02. The number of carbonyl (C=O) groups excluding carboxylic acids is 2. The number of halogens is 1. The Labute approximate surface area is 145 Å². The van der Waals surface area contributed by atoms with Gasteiger partial charge in [-0.05, 0) is 49.2 Å². The molecular formula is C17H19ClN2O4. The molecule has 0 radical (unpaired) electrons. The smallest absolute Gasteiger partial charge is 0.287 e. The molecule has 7 heteroatoms. The second-order valence-corrected chi connectivity index (χ2v) is 5.46. The van der Waals surface area contributed by atoms with Gasteiger partial charge in [0, 0.05) is 11.6 Å². The Balaban J connectivity index is 1.50. The van der Waals surface area contributed by atoms with Crippen molar-refractivity contribution >= 4 is 23.4 Å². The maximum Gasteiger partial charge on any atom is 0.287 e. The zero-order valence-corrected chi connectivity index (χ0v) is 13.8. The topological polar surface area (TPSA) is 80.6 Å². The molecule has 0 fully saturated rings. The lowest BCUT2D eigenvalue weighted by Gasteiger charge is -2.07. The molecule has 1 heterocycles. The van der Waals surface area contributed by atoms with Crippen LogP contribution in [-0.2, 0) is 4.79 Å². The highest BCUT2D eigenvalue weighted by molar-refractivity contribution is 6.30. The maximum absolute atomic E-state index is 11.6. The zero-order valence-electron chi connectivity index (χ0n) is 13.1. The standard InChI is InChI=1S/C17H19ClN2O4/c18-13-5-7-14(8-6-13)23-10-2-1-9-19-16(21)12-20-17(22)15-4-3-11-24-15/h3-8,11H,1-2,9-10,12H2,(H,19,21)(H,20,22). The van der Waals surface area contributed by atoms with E-state index < -0.39 is 5.91 Å². The van der Waals surface area contributed by atoms with E-state index >= 15 is 0 Å². The number of carbonyl (C=O) groups is 2. The van der Waals surface area contributed by atoms with Gasteiger partial charge >= 0.3 is 0 Å². The summed E-state index contributed by atoms with van der Waals surface area (Å²) in [6.45, 7) is 1.01. The van der Waals surface area contributed by atoms with Crippen LogP contribution in [0, 0.1) is 0 Å². The van der Waals surface area contributed by atoms with Crippen LogP contribution in [0.2, 0.25) is 5.02 Å². The van der Waals surface area contributed by atoms with Crippen molar-refractivity contribution in [3.63, 3.8) is 0 Å². The fourth-order valence-electron chi connectivity index (χ4n) is 1.89. The maximum atomic E-state index is 11.6. The molecule has 1 aromatic heterocycles. The van der Waals surface area contributed by atoms with E-state index in [1.165, 1.54) is 12.3 Å². The van der Waals surface area contributed by atoms with Crippen molar-refractivity contribution in [3.05, 3.63) is 53.4 Å². The van der Waals surface area contributed by atoms with Crippen molar-refractivity contribution in [2.24, 2.45) is 0 Å². The van der Waals surface area contributed by atoms with Crippen molar-refractivity contribution in [1.82, 2.24) is 10.6 Å². The minimum atomic E-state index is -0.411. The third-order valence-corrected chi connectivity index (χ3v) is 3.38. The van der Waals surface area contributed by atoms with E-state index in [1.54, 1.807) is 18.2 Å². The summed E-state index contributed by atoms with van der Waals surface area (Å²) in [7, 11) is 0. The van der Waals surface area contributed by atoms with Crippen molar-refractivity contribution in [2.75, 3.05) is 19.7 Å². The average molecular weight is 351 g/mol. The molecule has 0 atom stereocenters. The van der Waals surface area contributed by atoms with Gasteiger partial charge in [-0.25, -0.2) is 0 Å². The van der Waals surface area contributed by atoms with E-state index in [0.29, 0.717) is 18.2 Å². The molecule has 1 aromatic carbocycles. The van der Waals surface area contributed by atoms with Crippen molar-refractivity contribution in [3.8, 4) is 5.75 Å². The number of hydrogen-bond acceptors (Lipinski definition) is 4. The van der Waals surface area contributed by atoms with Crippen LogP contribution in [0.3, 0.4) is 0 Å². The van der Waals surface area contributed by atoms with Gasteiger partial charge in [0.25, 0.3) is 5.91 Å². The molecule has 128 valence electrons. The number of nitrogens with one attached hydrogen (secondary N) is 2. The third-order valence-electron chi connectivity index (χ3n) is 3.13. The first-order valence-electron chi connectivity index (χ1n) is 7.62.